The first-order chi connectivity index (χ1) is 15.7. The molecule has 0 saturated heterocycles. The first-order valence-corrected chi connectivity index (χ1v) is 12.1. The van der Waals surface area contributed by atoms with Crippen molar-refractivity contribution in [3.63, 3.8) is 0 Å². The zero-order valence-corrected chi connectivity index (χ0v) is 19.6. The number of para-hydroxylation sites is 1. The van der Waals surface area contributed by atoms with Crippen molar-refractivity contribution in [3.8, 4) is 17.3 Å². The number of aryl methyl sites for hydroxylation is 3. The highest BCUT2D eigenvalue weighted by Crippen LogP contribution is 2.28. The molecule has 1 N–H and O–H groups in total. The standard InChI is InChI=1S/C24H24N4O4S/c1-5-33(30,31)20-9-7-6-8-19(20)25-22(29)21-24(28-17(4)14-16(3)27-28)32-23(26-21)18-12-10-15(2)11-13-18/h6-14H,5H2,1-4H3,(H,25,29). The Morgan fingerprint density at radius 3 is 2.39 bits per heavy atom. The summed E-state index contributed by atoms with van der Waals surface area (Å²) in [6, 6.07) is 15.7. The largest absolute Gasteiger partial charge is 0.417 e. The van der Waals surface area contributed by atoms with Crippen molar-refractivity contribution >= 4 is 21.4 Å². The van der Waals surface area contributed by atoms with E-state index >= 15 is 0 Å². The molecule has 0 spiro atoms. The second-order valence-corrected chi connectivity index (χ2v) is 9.98. The van der Waals surface area contributed by atoms with Crippen molar-refractivity contribution in [3.05, 3.63) is 77.2 Å². The zero-order valence-electron chi connectivity index (χ0n) is 18.8. The first-order valence-electron chi connectivity index (χ1n) is 10.4. The Bertz CT molecular complexity index is 1430. The summed E-state index contributed by atoms with van der Waals surface area (Å²) in [4.78, 5) is 17.8. The van der Waals surface area contributed by atoms with Crippen molar-refractivity contribution in [2.45, 2.75) is 32.6 Å². The Hall–Kier alpha value is -3.72. The van der Waals surface area contributed by atoms with E-state index in [9.17, 15) is 13.2 Å². The molecule has 0 atom stereocenters. The van der Waals surface area contributed by atoms with Gasteiger partial charge in [0.05, 0.1) is 22.0 Å². The number of sulfone groups is 1. The van der Waals surface area contributed by atoms with Crippen LogP contribution < -0.4 is 5.32 Å². The molecule has 0 aliphatic rings. The zero-order chi connectivity index (χ0) is 23.8. The van der Waals surface area contributed by atoms with Gasteiger partial charge in [0, 0.05) is 11.3 Å². The quantitative estimate of drug-likeness (QED) is 0.450. The summed E-state index contributed by atoms with van der Waals surface area (Å²) in [5.41, 5.74) is 3.49. The number of oxazole rings is 1. The third-order valence-electron chi connectivity index (χ3n) is 5.18. The minimum Gasteiger partial charge on any atom is -0.417 e. The fraction of sp³-hybridized carbons (Fsp3) is 0.208. The van der Waals surface area contributed by atoms with Crippen LogP contribution in [0.4, 0.5) is 5.69 Å². The Morgan fingerprint density at radius 1 is 1.06 bits per heavy atom. The van der Waals surface area contributed by atoms with E-state index in [4.69, 9.17) is 4.42 Å². The highest BCUT2D eigenvalue weighted by atomic mass is 32.2. The molecule has 2 aromatic carbocycles. The second kappa shape index (κ2) is 8.67. The van der Waals surface area contributed by atoms with Crippen LogP contribution >= 0.6 is 0 Å². The molecule has 0 bridgehead atoms. The van der Waals surface area contributed by atoms with E-state index in [0.29, 0.717) is 5.56 Å². The van der Waals surface area contributed by atoms with Gasteiger partial charge in [-0.15, -0.1) is 0 Å². The summed E-state index contributed by atoms with van der Waals surface area (Å²) in [7, 11) is -3.54. The highest BCUT2D eigenvalue weighted by Gasteiger charge is 2.26. The molecule has 0 saturated carbocycles. The van der Waals surface area contributed by atoms with Crippen LogP contribution in [0.3, 0.4) is 0 Å². The fourth-order valence-corrected chi connectivity index (χ4v) is 4.49. The third kappa shape index (κ3) is 4.45. The van der Waals surface area contributed by atoms with Crippen LogP contribution in [0.1, 0.15) is 34.4 Å². The van der Waals surface area contributed by atoms with Crippen LogP contribution in [0, 0.1) is 20.8 Å². The molecule has 4 rings (SSSR count). The van der Waals surface area contributed by atoms with Gasteiger partial charge in [0.1, 0.15) is 0 Å². The summed E-state index contributed by atoms with van der Waals surface area (Å²) >= 11 is 0. The third-order valence-corrected chi connectivity index (χ3v) is 6.96. The minimum absolute atomic E-state index is 0.000439. The molecule has 4 aromatic rings. The van der Waals surface area contributed by atoms with Crippen molar-refractivity contribution in [1.82, 2.24) is 14.8 Å². The highest BCUT2D eigenvalue weighted by molar-refractivity contribution is 7.91. The van der Waals surface area contributed by atoms with Gasteiger partial charge in [0.15, 0.2) is 15.5 Å². The Balaban J connectivity index is 1.81. The number of carbonyl (C=O) groups is 1. The SMILES string of the molecule is CCS(=O)(=O)c1ccccc1NC(=O)c1nc(-c2ccc(C)cc2)oc1-n1nc(C)cc1C. The number of aromatic nitrogens is 3. The number of hydrogen-bond donors (Lipinski definition) is 1. The first kappa shape index (κ1) is 22.5. The molecule has 0 unspecified atom stereocenters. The fourth-order valence-electron chi connectivity index (χ4n) is 3.44. The van der Waals surface area contributed by atoms with Crippen molar-refractivity contribution < 1.29 is 17.6 Å². The molecule has 0 fully saturated rings. The van der Waals surface area contributed by atoms with E-state index < -0.39 is 15.7 Å². The van der Waals surface area contributed by atoms with Gasteiger partial charge in [-0.1, -0.05) is 36.8 Å². The number of rotatable bonds is 6. The molecule has 170 valence electrons. The van der Waals surface area contributed by atoms with Crippen LogP contribution in [0.5, 0.6) is 0 Å². The molecule has 2 aromatic heterocycles. The number of carbonyl (C=O) groups excluding carboxylic acids is 1. The lowest BCUT2D eigenvalue weighted by Gasteiger charge is -2.10. The number of hydrogen-bond acceptors (Lipinski definition) is 6. The summed E-state index contributed by atoms with van der Waals surface area (Å²) in [6.45, 7) is 7.22. The maximum Gasteiger partial charge on any atom is 0.280 e. The Labute approximate surface area is 192 Å². The van der Waals surface area contributed by atoms with Crippen LogP contribution in [0.25, 0.3) is 17.3 Å². The van der Waals surface area contributed by atoms with Crippen LogP contribution in [0.15, 0.2) is 63.9 Å². The van der Waals surface area contributed by atoms with Gasteiger partial charge in [-0.25, -0.2) is 18.1 Å². The lowest BCUT2D eigenvalue weighted by molar-refractivity contribution is 0.102. The lowest BCUT2D eigenvalue weighted by atomic mass is 10.1. The molecule has 0 aliphatic heterocycles. The molecule has 9 heteroatoms. The van der Waals surface area contributed by atoms with Gasteiger partial charge in [-0.05, 0) is 51.1 Å². The van der Waals surface area contributed by atoms with Crippen LogP contribution in [0.2, 0.25) is 0 Å². The predicted molar refractivity (Wildman–Crippen MR) is 125 cm³/mol. The molecular weight excluding hydrogens is 440 g/mol. The summed E-state index contributed by atoms with van der Waals surface area (Å²) in [5, 5.41) is 7.12. The van der Waals surface area contributed by atoms with E-state index in [1.165, 1.54) is 10.7 Å². The van der Waals surface area contributed by atoms with Crippen molar-refractivity contribution in [2.75, 3.05) is 11.1 Å². The van der Waals surface area contributed by atoms with E-state index in [0.717, 1.165) is 17.0 Å². The van der Waals surface area contributed by atoms with E-state index in [-0.39, 0.29) is 33.8 Å². The average Bonchev–Trinajstić information content (AvgIpc) is 3.37. The predicted octanol–water partition coefficient (Wildman–Crippen LogP) is 4.50. The monoisotopic (exact) mass is 464 g/mol. The van der Waals surface area contributed by atoms with E-state index in [1.54, 1.807) is 25.1 Å². The lowest BCUT2D eigenvalue weighted by Crippen LogP contribution is -2.18. The molecule has 0 aliphatic carbocycles. The molecule has 2 heterocycles. The normalized spacial score (nSPS) is 11.5. The van der Waals surface area contributed by atoms with Crippen molar-refractivity contribution in [2.24, 2.45) is 0 Å². The smallest absolute Gasteiger partial charge is 0.280 e. The Morgan fingerprint density at radius 2 is 1.76 bits per heavy atom. The van der Waals surface area contributed by atoms with Gasteiger partial charge in [0.2, 0.25) is 5.89 Å². The number of amides is 1. The topological polar surface area (TPSA) is 107 Å². The van der Waals surface area contributed by atoms with Crippen molar-refractivity contribution in [1.29, 1.82) is 0 Å². The minimum atomic E-state index is -3.54. The van der Waals surface area contributed by atoms with Crippen LogP contribution in [-0.2, 0) is 9.84 Å². The summed E-state index contributed by atoms with van der Waals surface area (Å²) < 4.78 is 32.5. The summed E-state index contributed by atoms with van der Waals surface area (Å²) in [6.07, 6.45) is 0. The van der Waals surface area contributed by atoms with Crippen LogP contribution in [-0.4, -0.2) is 34.8 Å². The second-order valence-electron chi connectivity index (χ2n) is 7.73. The maximum absolute atomic E-state index is 13.3. The molecule has 33 heavy (non-hydrogen) atoms. The Kier molecular flexibility index (Phi) is 5.90. The summed E-state index contributed by atoms with van der Waals surface area (Å²) in [5.74, 6) is -0.265. The van der Waals surface area contributed by atoms with Gasteiger partial charge in [-0.2, -0.15) is 5.10 Å². The van der Waals surface area contributed by atoms with Gasteiger partial charge >= 0.3 is 0 Å². The molecule has 1 amide bonds. The van der Waals surface area contributed by atoms with E-state index in [1.807, 2.05) is 51.1 Å². The molecular formula is C24H24N4O4S. The average molecular weight is 465 g/mol. The number of nitrogens with zero attached hydrogens (tertiary/aromatic N) is 3. The van der Waals surface area contributed by atoms with Gasteiger partial charge in [0.25, 0.3) is 11.8 Å². The van der Waals surface area contributed by atoms with E-state index in [2.05, 4.69) is 15.4 Å². The molecule has 0 radical (unpaired) electrons. The maximum atomic E-state index is 13.3. The number of nitrogens with one attached hydrogen (secondary N) is 1. The van der Waals surface area contributed by atoms with Gasteiger partial charge in [-0.3, -0.25) is 4.79 Å². The number of benzene rings is 2. The number of anilines is 1. The van der Waals surface area contributed by atoms with Gasteiger partial charge < -0.3 is 9.73 Å². The molecule has 8 nitrogen and oxygen atoms in total.